The quantitative estimate of drug-likeness (QED) is 0.825. The first kappa shape index (κ1) is 17.8. The Kier molecular flexibility index (Phi) is 6.45. The molecule has 1 aliphatic heterocycles. The number of amides is 2. The van der Waals surface area contributed by atoms with Crippen molar-refractivity contribution in [2.75, 3.05) is 19.7 Å². The van der Waals surface area contributed by atoms with Crippen LogP contribution in [-0.4, -0.2) is 54.2 Å². The average Bonchev–Trinajstić information content (AvgIpc) is 2.36. The van der Waals surface area contributed by atoms with Crippen LogP contribution in [-0.2, 0) is 9.53 Å². The summed E-state index contributed by atoms with van der Waals surface area (Å²) >= 11 is 0. The van der Waals surface area contributed by atoms with Gasteiger partial charge in [0.25, 0.3) is 0 Å². The second-order valence-corrected chi connectivity index (χ2v) is 6.61. The van der Waals surface area contributed by atoms with E-state index in [0.29, 0.717) is 13.2 Å². The van der Waals surface area contributed by atoms with Crippen LogP contribution < -0.4 is 10.6 Å². The monoisotopic (exact) mass is 299 g/mol. The molecule has 0 aromatic carbocycles. The van der Waals surface area contributed by atoms with Gasteiger partial charge in [-0.25, -0.2) is 4.79 Å². The summed E-state index contributed by atoms with van der Waals surface area (Å²) in [5, 5.41) is 5.86. The molecule has 0 radical (unpaired) electrons. The Morgan fingerprint density at radius 1 is 1.38 bits per heavy atom. The van der Waals surface area contributed by atoms with Crippen LogP contribution in [0.5, 0.6) is 0 Å². The number of likely N-dealkylation sites (tertiary alicyclic amines) is 1. The van der Waals surface area contributed by atoms with Gasteiger partial charge < -0.3 is 15.4 Å². The fraction of sp³-hybridized carbons (Fsp3) is 0.867. The minimum Gasteiger partial charge on any atom is -0.450 e. The molecule has 122 valence electrons. The number of hydrogen-bond donors (Lipinski definition) is 2. The van der Waals surface area contributed by atoms with Crippen LogP contribution in [0.15, 0.2) is 0 Å². The molecule has 6 heteroatoms. The topological polar surface area (TPSA) is 70.7 Å². The SMILES string of the molecule is CCOC(=O)N[C@H]1CCCN([C@@H](C)C(=O)NC(C)(C)C)C1. The van der Waals surface area contributed by atoms with E-state index in [4.69, 9.17) is 4.74 Å². The summed E-state index contributed by atoms with van der Waals surface area (Å²) in [7, 11) is 0. The van der Waals surface area contributed by atoms with E-state index in [1.165, 1.54) is 0 Å². The maximum atomic E-state index is 12.2. The van der Waals surface area contributed by atoms with Gasteiger partial charge in [0.1, 0.15) is 0 Å². The molecule has 0 aromatic rings. The van der Waals surface area contributed by atoms with Gasteiger partial charge in [0, 0.05) is 18.1 Å². The second kappa shape index (κ2) is 7.64. The number of ether oxygens (including phenoxy) is 1. The highest BCUT2D eigenvalue weighted by Crippen LogP contribution is 2.14. The van der Waals surface area contributed by atoms with E-state index >= 15 is 0 Å². The molecular formula is C15H29N3O3. The predicted molar refractivity (Wildman–Crippen MR) is 82.1 cm³/mol. The first-order chi connectivity index (χ1) is 9.73. The summed E-state index contributed by atoms with van der Waals surface area (Å²) in [5.41, 5.74) is -0.232. The fourth-order valence-corrected chi connectivity index (χ4v) is 2.46. The van der Waals surface area contributed by atoms with Gasteiger partial charge in [0.2, 0.25) is 5.91 Å². The Morgan fingerprint density at radius 2 is 2.05 bits per heavy atom. The van der Waals surface area contributed by atoms with Gasteiger partial charge in [0.15, 0.2) is 0 Å². The molecule has 1 aliphatic rings. The lowest BCUT2D eigenvalue weighted by molar-refractivity contribution is -0.127. The van der Waals surface area contributed by atoms with Crippen LogP contribution in [0.25, 0.3) is 0 Å². The van der Waals surface area contributed by atoms with Crippen LogP contribution in [0.4, 0.5) is 4.79 Å². The van der Waals surface area contributed by atoms with Crippen molar-refractivity contribution in [3.05, 3.63) is 0 Å². The van der Waals surface area contributed by atoms with E-state index in [0.717, 1.165) is 19.4 Å². The lowest BCUT2D eigenvalue weighted by Gasteiger charge is -2.37. The van der Waals surface area contributed by atoms with Crippen molar-refractivity contribution in [2.45, 2.75) is 65.1 Å². The highest BCUT2D eigenvalue weighted by Gasteiger charge is 2.29. The minimum absolute atomic E-state index is 0.0271. The van der Waals surface area contributed by atoms with Crippen molar-refractivity contribution in [3.63, 3.8) is 0 Å². The highest BCUT2D eigenvalue weighted by atomic mass is 16.5. The van der Waals surface area contributed by atoms with Crippen LogP contribution in [0, 0.1) is 0 Å². The number of hydrogen-bond acceptors (Lipinski definition) is 4. The summed E-state index contributed by atoms with van der Waals surface area (Å²) < 4.78 is 4.91. The first-order valence-corrected chi connectivity index (χ1v) is 7.72. The van der Waals surface area contributed by atoms with E-state index in [-0.39, 0.29) is 29.6 Å². The Morgan fingerprint density at radius 3 is 2.62 bits per heavy atom. The molecule has 2 N–H and O–H groups in total. The molecule has 2 amide bonds. The molecule has 0 unspecified atom stereocenters. The van der Waals surface area contributed by atoms with Crippen molar-refractivity contribution in [1.82, 2.24) is 15.5 Å². The molecular weight excluding hydrogens is 270 g/mol. The lowest BCUT2D eigenvalue weighted by atomic mass is 10.0. The van der Waals surface area contributed by atoms with Gasteiger partial charge in [-0.15, -0.1) is 0 Å². The molecule has 0 aromatic heterocycles. The molecule has 0 aliphatic carbocycles. The molecule has 0 spiro atoms. The van der Waals surface area contributed by atoms with Crippen molar-refractivity contribution >= 4 is 12.0 Å². The number of rotatable bonds is 4. The fourth-order valence-electron chi connectivity index (χ4n) is 2.46. The first-order valence-electron chi connectivity index (χ1n) is 7.72. The lowest BCUT2D eigenvalue weighted by Crippen LogP contribution is -2.56. The summed E-state index contributed by atoms with van der Waals surface area (Å²) in [6.45, 7) is 11.5. The number of nitrogens with zero attached hydrogens (tertiary/aromatic N) is 1. The number of alkyl carbamates (subject to hydrolysis) is 1. The third-order valence-electron chi connectivity index (χ3n) is 3.48. The number of nitrogens with one attached hydrogen (secondary N) is 2. The van der Waals surface area contributed by atoms with Gasteiger partial charge in [-0.1, -0.05) is 0 Å². The Bertz CT molecular complexity index is 366. The van der Waals surface area contributed by atoms with E-state index < -0.39 is 0 Å². The van der Waals surface area contributed by atoms with Crippen LogP contribution in [0.1, 0.15) is 47.5 Å². The number of carbonyl (C=O) groups is 2. The average molecular weight is 299 g/mol. The van der Waals surface area contributed by atoms with Crippen molar-refractivity contribution < 1.29 is 14.3 Å². The van der Waals surface area contributed by atoms with Gasteiger partial charge >= 0.3 is 6.09 Å². The molecule has 21 heavy (non-hydrogen) atoms. The minimum atomic E-state index is -0.379. The Labute approximate surface area is 127 Å². The third kappa shape index (κ3) is 6.33. The molecule has 0 bridgehead atoms. The number of carbonyl (C=O) groups excluding carboxylic acids is 2. The van der Waals surface area contributed by atoms with E-state index in [9.17, 15) is 9.59 Å². The second-order valence-electron chi connectivity index (χ2n) is 6.61. The Balaban J connectivity index is 2.51. The van der Waals surface area contributed by atoms with Gasteiger partial charge in [-0.05, 0) is 54.0 Å². The van der Waals surface area contributed by atoms with Crippen molar-refractivity contribution in [3.8, 4) is 0 Å². The van der Waals surface area contributed by atoms with E-state index in [1.54, 1.807) is 6.92 Å². The summed E-state index contributed by atoms with van der Waals surface area (Å²) in [6, 6.07) is -0.154. The largest absolute Gasteiger partial charge is 0.450 e. The molecule has 6 nitrogen and oxygen atoms in total. The predicted octanol–water partition coefficient (Wildman–Crippen LogP) is 1.50. The maximum absolute atomic E-state index is 12.2. The van der Waals surface area contributed by atoms with E-state index in [2.05, 4.69) is 15.5 Å². The summed E-state index contributed by atoms with van der Waals surface area (Å²) in [5.74, 6) is 0.0271. The normalized spacial score (nSPS) is 21.5. The highest BCUT2D eigenvalue weighted by molar-refractivity contribution is 5.82. The number of piperidine rings is 1. The standard InChI is InChI=1S/C15H29N3O3/c1-6-21-14(20)16-12-8-7-9-18(10-12)11(2)13(19)17-15(3,4)5/h11-12H,6-10H2,1-5H3,(H,16,20)(H,17,19)/t11-,12-/m0/s1. The molecule has 2 atom stereocenters. The zero-order valence-corrected chi connectivity index (χ0v) is 13.9. The Hall–Kier alpha value is -1.30. The van der Waals surface area contributed by atoms with Gasteiger partial charge in [0.05, 0.1) is 12.6 Å². The molecule has 1 rings (SSSR count). The molecule has 1 heterocycles. The zero-order chi connectivity index (χ0) is 16.0. The van der Waals surface area contributed by atoms with Crippen molar-refractivity contribution in [1.29, 1.82) is 0 Å². The van der Waals surface area contributed by atoms with E-state index in [1.807, 2.05) is 27.7 Å². The van der Waals surface area contributed by atoms with Gasteiger partial charge in [-0.3, -0.25) is 9.69 Å². The van der Waals surface area contributed by atoms with Crippen LogP contribution >= 0.6 is 0 Å². The van der Waals surface area contributed by atoms with Crippen LogP contribution in [0.2, 0.25) is 0 Å². The summed E-state index contributed by atoms with van der Waals surface area (Å²) in [6.07, 6.45) is 1.50. The zero-order valence-electron chi connectivity index (χ0n) is 13.9. The van der Waals surface area contributed by atoms with Crippen LogP contribution in [0.3, 0.4) is 0 Å². The molecule has 1 fully saturated rings. The molecule has 0 saturated carbocycles. The third-order valence-corrected chi connectivity index (χ3v) is 3.48. The summed E-state index contributed by atoms with van der Waals surface area (Å²) in [4.78, 5) is 25.8. The molecule has 1 saturated heterocycles. The van der Waals surface area contributed by atoms with Gasteiger partial charge in [-0.2, -0.15) is 0 Å². The maximum Gasteiger partial charge on any atom is 0.407 e. The smallest absolute Gasteiger partial charge is 0.407 e. The van der Waals surface area contributed by atoms with Crippen molar-refractivity contribution in [2.24, 2.45) is 0 Å².